The van der Waals surface area contributed by atoms with Crippen molar-refractivity contribution in [2.24, 2.45) is 0 Å². The summed E-state index contributed by atoms with van der Waals surface area (Å²) in [4.78, 5) is 0. The Morgan fingerprint density at radius 2 is 1.28 bits per heavy atom. The topological polar surface area (TPSA) is 31.6 Å². The van der Waals surface area contributed by atoms with Gasteiger partial charge in [-0.3, -0.25) is 0 Å². The molecule has 4 aromatic carbocycles. The van der Waals surface area contributed by atoms with Crippen molar-refractivity contribution >= 4 is 43.3 Å². The molecule has 25 heavy (non-hydrogen) atoms. The minimum atomic E-state index is 0.739. The summed E-state index contributed by atoms with van der Waals surface area (Å²) in [5, 5.41) is 8.10. The van der Waals surface area contributed by atoms with E-state index in [9.17, 15) is 0 Å². The minimum absolute atomic E-state index is 0.739. The highest BCUT2D eigenvalue weighted by molar-refractivity contribution is 6.18. The summed E-state index contributed by atoms with van der Waals surface area (Å²) < 4.78 is 16.6. The molecule has 0 spiro atoms. The summed E-state index contributed by atoms with van der Waals surface area (Å²) >= 11 is 0. The predicted molar refractivity (Wildman–Crippen MR) is 102 cm³/mol. The van der Waals surface area contributed by atoms with Gasteiger partial charge in [-0.25, -0.2) is 0 Å². The first kappa shape index (κ1) is 14.2. The number of hydrogen-bond acceptors (Lipinski definition) is 3. The maximum absolute atomic E-state index is 5.70. The molecule has 0 N–H and O–H groups in total. The molecule has 122 valence electrons. The predicted octanol–water partition coefficient (Wildman–Crippen LogP) is 5.91. The third kappa shape index (κ3) is 1.99. The van der Waals surface area contributed by atoms with Crippen molar-refractivity contribution < 1.29 is 13.9 Å². The molecule has 3 nitrogen and oxygen atoms in total. The Morgan fingerprint density at radius 3 is 2.04 bits per heavy atom. The quantitative estimate of drug-likeness (QED) is 0.298. The lowest BCUT2D eigenvalue weighted by molar-refractivity contribution is 0.356. The van der Waals surface area contributed by atoms with Crippen molar-refractivity contribution in [3.8, 4) is 11.5 Å². The van der Waals surface area contributed by atoms with Gasteiger partial charge in [0.15, 0.2) is 11.5 Å². The van der Waals surface area contributed by atoms with Gasteiger partial charge in [-0.05, 0) is 63.3 Å². The largest absolute Gasteiger partial charge is 0.493 e. The van der Waals surface area contributed by atoms with Gasteiger partial charge in [-0.1, -0.05) is 18.2 Å². The van der Waals surface area contributed by atoms with E-state index < -0.39 is 0 Å². The van der Waals surface area contributed by atoms with Gasteiger partial charge < -0.3 is 13.9 Å². The molecule has 0 saturated heterocycles. The molecule has 0 aliphatic carbocycles. The second-order valence-corrected chi connectivity index (χ2v) is 6.19. The van der Waals surface area contributed by atoms with Crippen LogP contribution in [0.4, 0.5) is 0 Å². The van der Waals surface area contributed by atoms with E-state index in [1.54, 1.807) is 20.5 Å². The van der Waals surface area contributed by atoms with Gasteiger partial charge >= 0.3 is 0 Å². The summed E-state index contributed by atoms with van der Waals surface area (Å²) in [6.45, 7) is 0. The number of hydrogen-bond donors (Lipinski definition) is 0. The highest BCUT2D eigenvalue weighted by Gasteiger charge is 2.10. The fourth-order valence-corrected chi connectivity index (χ4v) is 3.64. The smallest absolute Gasteiger partial charge is 0.161 e. The molecule has 0 unspecified atom stereocenters. The molecule has 0 amide bonds. The molecule has 0 aliphatic heterocycles. The molecule has 0 fully saturated rings. The molecule has 1 aromatic heterocycles. The van der Waals surface area contributed by atoms with Crippen molar-refractivity contribution in [1.29, 1.82) is 0 Å². The van der Waals surface area contributed by atoms with Crippen LogP contribution in [0.15, 0.2) is 65.3 Å². The van der Waals surface area contributed by atoms with Crippen molar-refractivity contribution in [3.05, 3.63) is 60.9 Å². The van der Waals surface area contributed by atoms with Crippen LogP contribution in [0.25, 0.3) is 43.3 Å². The first-order chi connectivity index (χ1) is 12.3. The molecular weight excluding hydrogens is 312 g/mol. The third-order valence-electron chi connectivity index (χ3n) is 4.89. The molecule has 1 heterocycles. The number of fused-ring (bicyclic) bond motifs is 6. The Morgan fingerprint density at radius 1 is 0.600 bits per heavy atom. The van der Waals surface area contributed by atoms with Crippen LogP contribution in [0.5, 0.6) is 11.5 Å². The van der Waals surface area contributed by atoms with Crippen LogP contribution in [0, 0.1) is 0 Å². The fraction of sp³-hybridized carbons (Fsp3) is 0.0909. The van der Waals surface area contributed by atoms with E-state index in [0.29, 0.717) is 0 Å². The molecule has 5 rings (SSSR count). The Kier molecular flexibility index (Phi) is 2.92. The van der Waals surface area contributed by atoms with Crippen LogP contribution in [0.1, 0.15) is 0 Å². The van der Waals surface area contributed by atoms with E-state index >= 15 is 0 Å². The second-order valence-electron chi connectivity index (χ2n) is 6.19. The Labute approximate surface area is 144 Å². The minimum Gasteiger partial charge on any atom is -0.493 e. The average molecular weight is 328 g/mol. The van der Waals surface area contributed by atoms with E-state index in [1.165, 1.54) is 16.2 Å². The van der Waals surface area contributed by atoms with Crippen molar-refractivity contribution in [2.45, 2.75) is 0 Å². The maximum atomic E-state index is 5.70. The highest BCUT2D eigenvalue weighted by Crippen LogP contribution is 2.37. The van der Waals surface area contributed by atoms with Crippen LogP contribution < -0.4 is 9.47 Å². The standard InChI is InChI=1S/C22H16O3/c1-23-20-11-15-9-14-4-6-18-17(5-3-13-7-8-25-22(13)18)19(14)10-16(15)12-21(20)24-2/h3-12H,1-2H3. The monoisotopic (exact) mass is 328 g/mol. The molecule has 3 heteroatoms. The molecule has 5 aromatic rings. The number of rotatable bonds is 2. The van der Waals surface area contributed by atoms with Gasteiger partial charge in [0.25, 0.3) is 0 Å². The Hall–Kier alpha value is -3.20. The normalized spacial score (nSPS) is 11.6. The van der Waals surface area contributed by atoms with E-state index in [2.05, 4.69) is 36.4 Å². The number of benzene rings is 4. The van der Waals surface area contributed by atoms with Crippen LogP contribution >= 0.6 is 0 Å². The number of ether oxygens (including phenoxy) is 2. The Balaban J connectivity index is 1.91. The lowest BCUT2D eigenvalue weighted by Gasteiger charge is -2.11. The zero-order valence-corrected chi connectivity index (χ0v) is 14.0. The van der Waals surface area contributed by atoms with Crippen molar-refractivity contribution in [3.63, 3.8) is 0 Å². The summed E-state index contributed by atoms with van der Waals surface area (Å²) in [5.41, 5.74) is 0.937. The van der Waals surface area contributed by atoms with Gasteiger partial charge in [-0.15, -0.1) is 0 Å². The summed E-state index contributed by atoms with van der Waals surface area (Å²) in [6.07, 6.45) is 1.74. The summed E-state index contributed by atoms with van der Waals surface area (Å²) in [6, 6.07) is 19.0. The maximum Gasteiger partial charge on any atom is 0.161 e. The third-order valence-corrected chi connectivity index (χ3v) is 4.89. The van der Waals surface area contributed by atoms with Gasteiger partial charge in [0, 0.05) is 10.8 Å². The zero-order valence-electron chi connectivity index (χ0n) is 14.0. The summed E-state index contributed by atoms with van der Waals surface area (Å²) in [5.74, 6) is 1.48. The summed E-state index contributed by atoms with van der Waals surface area (Å²) in [7, 11) is 3.32. The van der Waals surface area contributed by atoms with E-state index in [0.717, 1.165) is 38.6 Å². The molecule has 0 atom stereocenters. The van der Waals surface area contributed by atoms with Crippen LogP contribution in [-0.2, 0) is 0 Å². The lowest BCUT2D eigenvalue weighted by Crippen LogP contribution is -1.90. The fourth-order valence-electron chi connectivity index (χ4n) is 3.64. The van der Waals surface area contributed by atoms with E-state index in [1.807, 2.05) is 18.2 Å². The molecule has 0 saturated carbocycles. The van der Waals surface area contributed by atoms with Crippen molar-refractivity contribution in [2.75, 3.05) is 14.2 Å². The van der Waals surface area contributed by atoms with E-state index in [-0.39, 0.29) is 0 Å². The van der Waals surface area contributed by atoms with Gasteiger partial charge in [0.2, 0.25) is 0 Å². The van der Waals surface area contributed by atoms with Crippen LogP contribution in [0.3, 0.4) is 0 Å². The molecule has 0 bridgehead atoms. The van der Waals surface area contributed by atoms with Crippen LogP contribution in [-0.4, -0.2) is 14.2 Å². The van der Waals surface area contributed by atoms with Gasteiger partial charge in [-0.2, -0.15) is 0 Å². The van der Waals surface area contributed by atoms with Crippen LogP contribution in [0.2, 0.25) is 0 Å². The average Bonchev–Trinajstić information content (AvgIpc) is 3.14. The molecule has 0 radical (unpaired) electrons. The van der Waals surface area contributed by atoms with Gasteiger partial charge in [0.05, 0.1) is 20.5 Å². The van der Waals surface area contributed by atoms with Gasteiger partial charge in [0.1, 0.15) is 5.58 Å². The number of methoxy groups -OCH3 is 2. The first-order valence-corrected chi connectivity index (χ1v) is 8.17. The zero-order chi connectivity index (χ0) is 17.0. The highest BCUT2D eigenvalue weighted by atomic mass is 16.5. The Bertz CT molecular complexity index is 1260. The van der Waals surface area contributed by atoms with Crippen molar-refractivity contribution in [1.82, 2.24) is 0 Å². The molecule has 0 aliphatic rings. The SMILES string of the molecule is COc1cc2cc3ccc4c(ccc5ccoc54)c3cc2cc1OC. The lowest BCUT2D eigenvalue weighted by atomic mass is 9.97. The first-order valence-electron chi connectivity index (χ1n) is 8.17. The number of furan rings is 1. The second kappa shape index (κ2) is 5.15. The molecular formula is C22H16O3. The van der Waals surface area contributed by atoms with E-state index in [4.69, 9.17) is 13.9 Å².